The van der Waals surface area contributed by atoms with E-state index in [0.717, 1.165) is 18.2 Å². The van der Waals surface area contributed by atoms with E-state index in [0.29, 0.717) is 43.1 Å². The zero-order valence-electron chi connectivity index (χ0n) is 22.4. The number of halogens is 7. The number of carbonyl (C=O) groups is 2. The Kier molecular flexibility index (Phi) is 8.27. The Morgan fingerprint density at radius 1 is 1.09 bits per heavy atom. The van der Waals surface area contributed by atoms with Gasteiger partial charge in [-0.3, -0.25) is 14.4 Å². The Morgan fingerprint density at radius 2 is 1.74 bits per heavy atom. The zero-order valence-corrected chi connectivity index (χ0v) is 23.2. The van der Waals surface area contributed by atoms with Crippen molar-refractivity contribution in [1.29, 1.82) is 0 Å². The molecule has 1 aliphatic carbocycles. The number of carboxylic acids is 1. The molecule has 1 fully saturated rings. The highest BCUT2D eigenvalue weighted by atomic mass is 32.2. The van der Waals surface area contributed by atoms with E-state index in [1.807, 2.05) is 5.32 Å². The summed E-state index contributed by atoms with van der Waals surface area (Å²) in [5.74, 6) is -3.87. The molecule has 4 rings (SSSR count). The summed E-state index contributed by atoms with van der Waals surface area (Å²) < 4.78 is 132. The van der Waals surface area contributed by atoms with Crippen molar-refractivity contribution in [2.24, 2.45) is 11.8 Å². The maximum absolute atomic E-state index is 14.0. The van der Waals surface area contributed by atoms with Gasteiger partial charge in [-0.25, -0.2) is 17.6 Å². The Hall–Kier alpha value is -3.76. The van der Waals surface area contributed by atoms with E-state index in [2.05, 4.69) is 4.74 Å². The molecule has 0 radical (unpaired) electrons. The number of benzene rings is 2. The number of aliphatic carboxylic acids is 1. The number of rotatable bonds is 8. The van der Waals surface area contributed by atoms with Crippen molar-refractivity contribution < 1.29 is 63.3 Å². The van der Waals surface area contributed by atoms with Crippen LogP contribution in [-0.2, 0) is 25.7 Å². The van der Waals surface area contributed by atoms with Crippen molar-refractivity contribution in [3.63, 3.8) is 0 Å². The van der Waals surface area contributed by atoms with Gasteiger partial charge in [0.2, 0.25) is 5.60 Å². The average Bonchev–Trinajstić information content (AvgIpc) is 3.70. The molecule has 236 valence electrons. The minimum Gasteiger partial charge on any atom is -0.486 e. The van der Waals surface area contributed by atoms with Gasteiger partial charge in [0.15, 0.2) is 0 Å². The molecule has 1 heterocycles. The number of amides is 1. The van der Waals surface area contributed by atoms with E-state index in [9.17, 15) is 53.8 Å². The Labute approximate surface area is 240 Å². The predicted octanol–water partition coefficient (Wildman–Crippen LogP) is 6.19. The Morgan fingerprint density at radius 3 is 2.30 bits per heavy atom. The molecule has 43 heavy (non-hydrogen) atoms. The number of fused-ring (bicyclic) bond motifs is 1. The van der Waals surface area contributed by atoms with Crippen molar-refractivity contribution in [3.05, 3.63) is 47.8 Å². The van der Waals surface area contributed by atoms with Gasteiger partial charge in [-0.2, -0.15) is 26.3 Å². The number of carboxylic acid groups (broad SMARTS) is 1. The van der Waals surface area contributed by atoms with E-state index in [4.69, 9.17) is 4.74 Å². The van der Waals surface area contributed by atoms with Gasteiger partial charge < -0.3 is 14.6 Å². The largest absolute Gasteiger partial charge is 0.486 e. The average molecular weight is 643 g/mol. The van der Waals surface area contributed by atoms with E-state index in [1.165, 1.54) is 0 Å². The summed E-state index contributed by atoms with van der Waals surface area (Å²) in [6.07, 6.45) is -11.9. The smallest absolute Gasteiger partial charge is 0.427 e. The van der Waals surface area contributed by atoms with E-state index < -0.39 is 81.3 Å². The molecule has 1 saturated carbocycles. The second-order valence-electron chi connectivity index (χ2n) is 10.6. The lowest BCUT2D eigenvalue weighted by Crippen LogP contribution is -2.47. The van der Waals surface area contributed by atoms with Crippen LogP contribution in [0.2, 0.25) is 0 Å². The highest BCUT2D eigenvalue weighted by molar-refractivity contribution is 7.92. The fourth-order valence-corrected chi connectivity index (χ4v) is 6.08. The molecule has 0 saturated heterocycles. The number of hydrogen-bond donors (Lipinski definition) is 2. The summed E-state index contributed by atoms with van der Waals surface area (Å²) in [6, 6.07) is 4.37. The van der Waals surface area contributed by atoms with Crippen LogP contribution in [0.5, 0.6) is 5.75 Å². The van der Waals surface area contributed by atoms with Crippen molar-refractivity contribution >= 4 is 33.5 Å². The molecule has 17 heteroatoms. The van der Waals surface area contributed by atoms with Gasteiger partial charge in [0, 0.05) is 11.6 Å². The van der Waals surface area contributed by atoms with Crippen LogP contribution in [0.1, 0.15) is 38.7 Å². The SMILES string of the molecule is CC(C)(OC(=O)Nc1ccc2c(c1)N(S(=O)(=O)c1ccc(F)c(C(F)(F)F)c1)C[C@H](C(CC(=O)O)C1CC1)O2)C(F)(F)F. The van der Waals surface area contributed by atoms with Gasteiger partial charge in [-0.15, -0.1) is 0 Å². The molecule has 2 aromatic carbocycles. The monoisotopic (exact) mass is 642 g/mol. The third kappa shape index (κ3) is 6.91. The summed E-state index contributed by atoms with van der Waals surface area (Å²) in [5, 5.41) is 11.5. The first-order chi connectivity index (χ1) is 19.7. The quantitative estimate of drug-likeness (QED) is 0.329. The molecule has 2 N–H and O–H groups in total. The number of nitrogens with one attached hydrogen (secondary N) is 1. The standard InChI is InChI=1S/C26H25F7N2O7S/c1-24(2,26(31,32)33)42-23(38)34-14-5-8-20-19(9-14)35(12-21(41-20)16(11-22(36)37)13-3-4-13)43(39,40)15-6-7-18(27)17(10-15)25(28,29)30/h5-10,13,16,21H,3-4,11-12H2,1-2H3,(H,34,38)(H,36,37)/t16?,21-/m1/s1. The number of sulfonamides is 1. The highest BCUT2D eigenvalue weighted by Gasteiger charge is 2.51. The van der Waals surface area contributed by atoms with Crippen molar-refractivity contribution in [3.8, 4) is 5.75 Å². The lowest BCUT2D eigenvalue weighted by molar-refractivity contribution is -0.242. The van der Waals surface area contributed by atoms with Crippen LogP contribution < -0.4 is 14.4 Å². The topological polar surface area (TPSA) is 122 Å². The lowest BCUT2D eigenvalue weighted by atomic mass is 9.92. The second kappa shape index (κ2) is 11.1. The minimum absolute atomic E-state index is 0.114. The molecule has 1 aliphatic heterocycles. The first kappa shape index (κ1) is 32.2. The summed E-state index contributed by atoms with van der Waals surface area (Å²) in [6.45, 7) is 0.636. The van der Waals surface area contributed by atoms with Crippen LogP contribution in [0, 0.1) is 17.7 Å². The summed E-state index contributed by atoms with van der Waals surface area (Å²) in [4.78, 5) is 22.8. The van der Waals surface area contributed by atoms with Gasteiger partial charge in [0.25, 0.3) is 10.0 Å². The van der Waals surface area contributed by atoms with Crippen LogP contribution >= 0.6 is 0 Å². The molecule has 9 nitrogen and oxygen atoms in total. The predicted molar refractivity (Wildman–Crippen MR) is 135 cm³/mol. The first-order valence-electron chi connectivity index (χ1n) is 12.7. The Bertz CT molecular complexity index is 1520. The summed E-state index contributed by atoms with van der Waals surface area (Å²) in [5.41, 5.74) is -5.32. The molecule has 2 aromatic rings. The van der Waals surface area contributed by atoms with E-state index in [1.54, 1.807) is 0 Å². The van der Waals surface area contributed by atoms with Gasteiger partial charge in [0.05, 0.1) is 29.1 Å². The fraction of sp³-hybridized carbons (Fsp3) is 0.462. The van der Waals surface area contributed by atoms with Crippen molar-refractivity contribution in [1.82, 2.24) is 0 Å². The van der Waals surface area contributed by atoms with Gasteiger partial charge in [-0.05, 0) is 69.0 Å². The molecule has 2 aliphatic rings. The first-order valence-corrected chi connectivity index (χ1v) is 14.1. The van der Waals surface area contributed by atoms with Crippen LogP contribution in [0.25, 0.3) is 0 Å². The highest BCUT2D eigenvalue weighted by Crippen LogP contribution is 2.46. The summed E-state index contributed by atoms with van der Waals surface area (Å²) in [7, 11) is -4.92. The molecule has 1 unspecified atom stereocenters. The van der Waals surface area contributed by atoms with Gasteiger partial charge in [0.1, 0.15) is 17.7 Å². The van der Waals surface area contributed by atoms with Crippen LogP contribution in [0.4, 0.5) is 46.9 Å². The maximum atomic E-state index is 14.0. The number of ether oxygens (including phenoxy) is 2. The van der Waals surface area contributed by atoms with E-state index in [-0.39, 0.29) is 29.1 Å². The molecule has 0 aromatic heterocycles. The molecule has 0 spiro atoms. The molecule has 2 atom stereocenters. The van der Waals surface area contributed by atoms with Gasteiger partial charge in [-0.1, -0.05) is 0 Å². The van der Waals surface area contributed by atoms with Crippen LogP contribution in [-0.4, -0.2) is 50.0 Å². The zero-order chi connectivity index (χ0) is 32.1. The summed E-state index contributed by atoms with van der Waals surface area (Å²) >= 11 is 0. The fourth-order valence-electron chi connectivity index (χ4n) is 4.57. The Balaban J connectivity index is 1.76. The lowest BCUT2D eigenvalue weighted by Gasteiger charge is -2.39. The van der Waals surface area contributed by atoms with E-state index >= 15 is 0 Å². The third-order valence-electron chi connectivity index (χ3n) is 7.08. The third-order valence-corrected chi connectivity index (χ3v) is 8.85. The molecule has 1 amide bonds. The maximum Gasteiger partial charge on any atom is 0.427 e. The minimum atomic E-state index is -5.23. The number of nitrogens with zero attached hydrogens (tertiary/aromatic N) is 1. The number of alkyl halides is 6. The van der Waals surface area contributed by atoms with Gasteiger partial charge >= 0.3 is 24.4 Å². The number of carbonyl (C=O) groups excluding carboxylic acids is 1. The number of anilines is 2. The number of hydrogen-bond acceptors (Lipinski definition) is 6. The van der Waals surface area contributed by atoms with Crippen molar-refractivity contribution in [2.75, 3.05) is 16.2 Å². The normalized spacial score (nSPS) is 18.3. The van der Waals surface area contributed by atoms with Crippen LogP contribution in [0.15, 0.2) is 41.3 Å². The molecule has 0 bridgehead atoms. The second-order valence-corrected chi connectivity index (χ2v) is 12.5. The van der Waals surface area contributed by atoms with Crippen molar-refractivity contribution in [2.45, 2.75) is 62.1 Å². The molecular weight excluding hydrogens is 617 g/mol. The molecular formula is C26H25F7N2O7S. The van der Waals surface area contributed by atoms with Crippen LogP contribution in [0.3, 0.4) is 0 Å².